The van der Waals surface area contributed by atoms with Crippen molar-refractivity contribution in [1.29, 1.82) is 0 Å². The number of carbonyl (C=O) groups is 1. The molecule has 6 nitrogen and oxygen atoms in total. The highest BCUT2D eigenvalue weighted by Gasteiger charge is 2.40. The first-order valence-electron chi connectivity index (χ1n) is 8.29. The van der Waals surface area contributed by atoms with E-state index in [1.165, 1.54) is 0 Å². The number of esters is 1. The lowest BCUT2D eigenvalue weighted by Gasteiger charge is -2.29. The van der Waals surface area contributed by atoms with Gasteiger partial charge in [0.2, 0.25) is 0 Å². The monoisotopic (exact) mass is 340 g/mol. The number of fused-ring (bicyclic) bond motifs is 2. The van der Waals surface area contributed by atoms with Gasteiger partial charge in [-0.15, -0.1) is 0 Å². The summed E-state index contributed by atoms with van der Waals surface area (Å²) in [5.41, 5.74) is 6.19. The summed E-state index contributed by atoms with van der Waals surface area (Å²) in [6.45, 7) is 0.238. The third kappa shape index (κ3) is 3.24. The van der Waals surface area contributed by atoms with Gasteiger partial charge in [-0.2, -0.15) is 5.48 Å². The molecule has 2 N–H and O–H groups in total. The van der Waals surface area contributed by atoms with Crippen molar-refractivity contribution in [2.24, 2.45) is 0 Å². The van der Waals surface area contributed by atoms with Crippen LogP contribution < -0.4 is 15.5 Å². The lowest BCUT2D eigenvalue weighted by atomic mass is 9.94. The van der Waals surface area contributed by atoms with E-state index < -0.39 is 6.04 Å². The number of carbonyl (C=O) groups excluding carboxylic acids is 1. The zero-order valence-electron chi connectivity index (χ0n) is 13.9. The number of nitrogens with one attached hydrogen (secondary N) is 2. The molecule has 1 aliphatic carbocycles. The molecule has 4 rings (SSSR count). The van der Waals surface area contributed by atoms with Crippen molar-refractivity contribution in [1.82, 2.24) is 10.8 Å². The molecular formula is C19H20N2O4. The summed E-state index contributed by atoms with van der Waals surface area (Å²) in [5, 5.41) is 3.19. The van der Waals surface area contributed by atoms with Crippen LogP contribution in [0.4, 0.5) is 0 Å². The zero-order chi connectivity index (χ0) is 17.2. The normalized spacial score (nSPS) is 27.0. The van der Waals surface area contributed by atoms with Crippen molar-refractivity contribution in [2.45, 2.75) is 31.3 Å². The molecule has 3 aliphatic rings. The van der Waals surface area contributed by atoms with Crippen molar-refractivity contribution >= 4 is 5.97 Å². The van der Waals surface area contributed by atoms with Gasteiger partial charge in [0.05, 0.1) is 13.2 Å². The summed E-state index contributed by atoms with van der Waals surface area (Å²) in [5.74, 6) is 0.507. The van der Waals surface area contributed by atoms with Gasteiger partial charge < -0.3 is 9.47 Å². The van der Waals surface area contributed by atoms with Gasteiger partial charge in [0.15, 0.2) is 6.23 Å². The van der Waals surface area contributed by atoms with Crippen LogP contribution in [0.1, 0.15) is 12.0 Å². The van der Waals surface area contributed by atoms with Crippen molar-refractivity contribution in [2.75, 3.05) is 7.11 Å². The van der Waals surface area contributed by atoms with Gasteiger partial charge in [0.25, 0.3) is 0 Å². The Hall–Kier alpha value is -2.41. The maximum atomic E-state index is 12.4. The summed E-state index contributed by atoms with van der Waals surface area (Å²) < 4.78 is 10.6. The summed E-state index contributed by atoms with van der Waals surface area (Å²) in [6, 6.07) is 7.11. The molecule has 2 heterocycles. The lowest BCUT2D eigenvalue weighted by molar-refractivity contribution is -0.148. The van der Waals surface area contributed by atoms with Gasteiger partial charge in [0, 0.05) is 0 Å². The Balaban J connectivity index is 1.39. The van der Waals surface area contributed by atoms with Gasteiger partial charge in [-0.25, -0.2) is 0 Å². The molecule has 3 unspecified atom stereocenters. The molecule has 0 spiro atoms. The Morgan fingerprint density at radius 1 is 1.28 bits per heavy atom. The van der Waals surface area contributed by atoms with Crippen molar-refractivity contribution < 1.29 is 19.1 Å². The molecule has 1 fully saturated rings. The predicted octanol–water partition coefficient (Wildman–Crippen LogP) is 1.75. The SMILES string of the molecule is COc1ccc(COC(=O)C2CC3=C4C=CC=CC4NOC3N2)cc1. The Bertz CT molecular complexity index is 751. The maximum absolute atomic E-state index is 12.4. The van der Waals surface area contributed by atoms with E-state index in [1.807, 2.05) is 42.5 Å². The largest absolute Gasteiger partial charge is 0.497 e. The molecule has 1 aromatic carbocycles. The number of hydrogen-bond acceptors (Lipinski definition) is 6. The molecule has 1 saturated heterocycles. The minimum atomic E-state index is -0.398. The van der Waals surface area contributed by atoms with Crippen LogP contribution in [0.25, 0.3) is 0 Å². The van der Waals surface area contributed by atoms with E-state index in [1.54, 1.807) is 7.11 Å². The first kappa shape index (κ1) is 16.1. The van der Waals surface area contributed by atoms with Crippen LogP contribution in [0.2, 0.25) is 0 Å². The fourth-order valence-corrected chi connectivity index (χ4v) is 3.26. The van der Waals surface area contributed by atoms with E-state index in [4.69, 9.17) is 14.3 Å². The molecule has 25 heavy (non-hydrogen) atoms. The quantitative estimate of drug-likeness (QED) is 0.814. The molecule has 0 amide bonds. The summed E-state index contributed by atoms with van der Waals surface area (Å²) >= 11 is 0. The number of hydroxylamine groups is 1. The van der Waals surface area contributed by atoms with E-state index in [-0.39, 0.29) is 24.8 Å². The Morgan fingerprint density at radius 3 is 2.92 bits per heavy atom. The summed E-state index contributed by atoms with van der Waals surface area (Å²) in [7, 11) is 1.62. The van der Waals surface area contributed by atoms with Gasteiger partial charge >= 0.3 is 5.97 Å². The molecule has 130 valence electrons. The highest BCUT2D eigenvalue weighted by molar-refractivity contribution is 5.77. The Kier molecular flexibility index (Phi) is 4.40. The molecule has 3 atom stereocenters. The Labute approximate surface area is 146 Å². The minimum Gasteiger partial charge on any atom is -0.497 e. The van der Waals surface area contributed by atoms with E-state index in [0.717, 1.165) is 22.5 Å². The third-order valence-electron chi connectivity index (χ3n) is 4.63. The predicted molar refractivity (Wildman–Crippen MR) is 91.4 cm³/mol. The molecule has 0 bridgehead atoms. The zero-order valence-corrected chi connectivity index (χ0v) is 13.9. The van der Waals surface area contributed by atoms with Crippen LogP contribution in [0.15, 0.2) is 59.7 Å². The molecule has 1 aromatic rings. The third-order valence-corrected chi connectivity index (χ3v) is 4.63. The van der Waals surface area contributed by atoms with Crippen LogP contribution in [-0.2, 0) is 21.0 Å². The number of rotatable bonds is 4. The van der Waals surface area contributed by atoms with Gasteiger partial charge in [-0.3, -0.25) is 14.9 Å². The van der Waals surface area contributed by atoms with Crippen molar-refractivity contribution in [3.05, 3.63) is 65.3 Å². The van der Waals surface area contributed by atoms with E-state index >= 15 is 0 Å². The first-order valence-corrected chi connectivity index (χ1v) is 8.29. The van der Waals surface area contributed by atoms with Crippen LogP contribution in [0.5, 0.6) is 5.75 Å². The molecular weight excluding hydrogens is 320 g/mol. The fourth-order valence-electron chi connectivity index (χ4n) is 3.26. The fraction of sp³-hybridized carbons (Fsp3) is 0.316. The van der Waals surface area contributed by atoms with Gasteiger partial charge in [0.1, 0.15) is 18.4 Å². The second-order valence-electron chi connectivity index (χ2n) is 6.20. The smallest absolute Gasteiger partial charge is 0.323 e. The van der Waals surface area contributed by atoms with Crippen LogP contribution in [-0.4, -0.2) is 31.4 Å². The van der Waals surface area contributed by atoms with Gasteiger partial charge in [-0.1, -0.05) is 36.4 Å². The number of hydrogen-bond donors (Lipinski definition) is 2. The standard InChI is InChI=1S/C19H20N2O4/c1-23-13-8-6-12(7-9-13)11-24-19(22)17-10-15-14-4-2-3-5-16(14)21-25-18(15)20-17/h2-9,16-18,20-21H,10-11H2,1H3. The minimum absolute atomic E-state index is 0.0483. The number of methoxy groups -OCH3 is 1. The van der Waals surface area contributed by atoms with Gasteiger partial charge in [-0.05, 0) is 35.3 Å². The molecule has 0 aromatic heterocycles. The molecule has 2 aliphatic heterocycles. The van der Waals surface area contributed by atoms with E-state index in [0.29, 0.717) is 6.42 Å². The molecule has 6 heteroatoms. The maximum Gasteiger partial charge on any atom is 0.323 e. The van der Waals surface area contributed by atoms with Crippen molar-refractivity contribution in [3.8, 4) is 5.75 Å². The summed E-state index contributed by atoms with van der Waals surface area (Å²) in [6.07, 6.45) is 8.38. The van der Waals surface area contributed by atoms with Crippen LogP contribution in [0, 0.1) is 0 Å². The van der Waals surface area contributed by atoms with Crippen LogP contribution >= 0.6 is 0 Å². The van der Waals surface area contributed by atoms with Crippen molar-refractivity contribution in [3.63, 3.8) is 0 Å². The highest BCUT2D eigenvalue weighted by atomic mass is 16.7. The number of ether oxygens (including phenoxy) is 2. The van der Waals surface area contributed by atoms with E-state index in [9.17, 15) is 4.79 Å². The van der Waals surface area contributed by atoms with Crippen LogP contribution in [0.3, 0.4) is 0 Å². The van der Waals surface area contributed by atoms with E-state index in [2.05, 4.69) is 16.9 Å². The second-order valence-corrected chi connectivity index (χ2v) is 6.20. The number of benzene rings is 1. The topological polar surface area (TPSA) is 68.8 Å². The number of allylic oxidation sites excluding steroid dienone is 2. The molecule has 0 saturated carbocycles. The average Bonchev–Trinajstić information content (AvgIpc) is 3.11. The highest BCUT2D eigenvalue weighted by Crippen LogP contribution is 2.31. The first-order chi connectivity index (χ1) is 12.2. The second kappa shape index (κ2) is 6.84. The lowest BCUT2D eigenvalue weighted by Crippen LogP contribution is -2.45. The average molecular weight is 340 g/mol. The summed E-state index contributed by atoms with van der Waals surface area (Å²) in [4.78, 5) is 18.0. The molecule has 0 radical (unpaired) electrons. The Morgan fingerprint density at radius 2 is 2.12 bits per heavy atom.